The highest BCUT2D eigenvalue weighted by Crippen LogP contribution is 2.20. The topological polar surface area (TPSA) is 79.2 Å². The predicted molar refractivity (Wildman–Crippen MR) is 118 cm³/mol. The van der Waals surface area contributed by atoms with Crippen LogP contribution in [0, 0.1) is 0 Å². The Hall–Kier alpha value is -0.460. The second kappa shape index (κ2) is 18.3. The maximum atomic E-state index is 10.0. The summed E-state index contributed by atoms with van der Waals surface area (Å²) in [5, 5.41) is 28.9. The molecule has 5 nitrogen and oxygen atoms in total. The maximum Gasteiger partial charge on any atom is 0.160 e. The van der Waals surface area contributed by atoms with Crippen LogP contribution in [0.5, 0.6) is 0 Å². The van der Waals surface area contributed by atoms with Crippen molar-refractivity contribution in [3.63, 3.8) is 0 Å². The van der Waals surface area contributed by atoms with E-state index in [1.165, 1.54) is 70.6 Å². The number of allylic oxidation sites excluding steroid dienone is 1. The minimum absolute atomic E-state index is 0.110. The fourth-order valence-corrected chi connectivity index (χ4v) is 3.77. The van der Waals surface area contributed by atoms with Crippen LogP contribution in [-0.4, -0.2) is 53.1 Å². The zero-order valence-electron chi connectivity index (χ0n) is 18.6. The summed E-state index contributed by atoms with van der Waals surface area (Å²) in [4.78, 5) is 0. The molecule has 3 N–H and O–H groups in total. The molecule has 1 aliphatic heterocycles. The highest BCUT2D eigenvalue weighted by molar-refractivity contribution is 4.88. The molecule has 0 bridgehead atoms. The Morgan fingerprint density at radius 2 is 1.59 bits per heavy atom. The molecule has 1 aliphatic rings. The predicted octanol–water partition coefficient (Wildman–Crippen LogP) is 4.87. The molecule has 1 fully saturated rings. The lowest BCUT2D eigenvalue weighted by molar-refractivity contribution is -0.222. The summed E-state index contributed by atoms with van der Waals surface area (Å²) in [6.45, 7) is 2.53. The highest BCUT2D eigenvalue weighted by atomic mass is 16.7. The number of unbranched alkanes of at least 4 members (excludes halogenated alkanes) is 11. The van der Waals surface area contributed by atoms with E-state index in [4.69, 9.17) is 14.6 Å². The zero-order chi connectivity index (χ0) is 21.2. The number of aliphatic hydroxyl groups excluding tert-OH is 3. The van der Waals surface area contributed by atoms with Gasteiger partial charge in [-0.1, -0.05) is 83.3 Å². The molecule has 0 aromatic heterocycles. The van der Waals surface area contributed by atoms with Gasteiger partial charge in [0.2, 0.25) is 0 Å². The molecular weight excluding hydrogens is 368 g/mol. The van der Waals surface area contributed by atoms with E-state index in [1.807, 2.05) is 6.08 Å². The Morgan fingerprint density at radius 3 is 2.21 bits per heavy atom. The van der Waals surface area contributed by atoms with Gasteiger partial charge >= 0.3 is 0 Å². The third-order valence-corrected chi connectivity index (χ3v) is 5.60. The van der Waals surface area contributed by atoms with E-state index in [0.717, 1.165) is 6.42 Å². The van der Waals surface area contributed by atoms with E-state index >= 15 is 0 Å². The van der Waals surface area contributed by atoms with E-state index in [2.05, 4.69) is 13.0 Å². The highest BCUT2D eigenvalue weighted by Gasteiger charge is 2.28. The van der Waals surface area contributed by atoms with Crippen molar-refractivity contribution in [1.82, 2.24) is 0 Å². The Kier molecular flexibility index (Phi) is 16.8. The first-order valence-electron chi connectivity index (χ1n) is 12.1. The Labute approximate surface area is 178 Å². The van der Waals surface area contributed by atoms with Crippen LogP contribution in [0.2, 0.25) is 0 Å². The lowest BCUT2D eigenvalue weighted by atomic mass is 10.1. The van der Waals surface area contributed by atoms with Crippen molar-refractivity contribution >= 4 is 0 Å². The Balaban J connectivity index is 1.90. The van der Waals surface area contributed by atoms with Crippen molar-refractivity contribution in [3.05, 3.63) is 12.2 Å². The summed E-state index contributed by atoms with van der Waals surface area (Å²) in [6, 6.07) is 0. The summed E-state index contributed by atoms with van der Waals surface area (Å²) >= 11 is 0. The second-order valence-corrected chi connectivity index (χ2v) is 8.47. The quantitative estimate of drug-likeness (QED) is 0.220. The van der Waals surface area contributed by atoms with Crippen LogP contribution < -0.4 is 0 Å². The van der Waals surface area contributed by atoms with Crippen molar-refractivity contribution < 1.29 is 24.8 Å². The molecule has 0 aliphatic carbocycles. The van der Waals surface area contributed by atoms with Gasteiger partial charge in [-0.15, -0.1) is 0 Å². The minimum Gasteiger partial charge on any atom is -0.394 e. The SMILES string of the molecule is CCCCCCCCCCCCC/C=C/C(O)CCOC1CC(O)CC(CO)O1. The molecule has 5 heteroatoms. The van der Waals surface area contributed by atoms with Crippen molar-refractivity contribution in [1.29, 1.82) is 0 Å². The van der Waals surface area contributed by atoms with Gasteiger partial charge in [-0.2, -0.15) is 0 Å². The molecule has 29 heavy (non-hydrogen) atoms. The van der Waals surface area contributed by atoms with Gasteiger partial charge in [0, 0.05) is 19.3 Å². The van der Waals surface area contributed by atoms with Crippen molar-refractivity contribution in [2.45, 2.75) is 128 Å². The van der Waals surface area contributed by atoms with Crippen molar-refractivity contribution in [2.75, 3.05) is 13.2 Å². The fraction of sp³-hybridized carbons (Fsp3) is 0.917. The molecule has 0 amide bonds. The van der Waals surface area contributed by atoms with Gasteiger partial charge in [0.25, 0.3) is 0 Å². The van der Waals surface area contributed by atoms with Gasteiger partial charge in [-0.05, 0) is 12.8 Å². The van der Waals surface area contributed by atoms with Crippen LogP contribution in [0.3, 0.4) is 0 Å². The number of aliphatic hydroxyl groups is 3. The summed E-state index contributed by atoms with van der Waals surface area (Å²) in [5.41, 5.74) is 0. The first-order chi connectivity index (χ1) is 14.2. The minimum atomic E-state index is -0.509. The third-order valence-electron chi connectivity index (χ3n) is 5.60. The molecule has 0 aromatic rings. The van der Waals surface area contributed by atoms with Crippen LogP contribution in [0.4, 0.5) is 0 Å². The third kappa shape index (κ3) is 15.1. The molecule has 0 radical (unpaired) electrons. The second-order valence-electron chi connectivity index (χ2n) is 8.47. The molecule has 0 saturated carbocycles. The summed E-state index contributed by atoms with van der Waals surface area (Å²) in [5.74, 6) is 0. The molecule has 172 valence electrons. The molecule has 0 aromatic carbocycles. The standard InChI is InChI=1S/C24H46O5/c1-2-3-4-5-6-7-8-9-10-11-12-13-14-15-21(26)16-17-28-24-19-22(27)18-23(20-25)29-24/h14-15,21-27H,2-13,16-20H2,1H3/b15-14+. The maximum absolute atomic E-state index is 10.0. The van der Waals surface area contributed by atoms with E-state index in [1.54, 1.807) is 0 Å². The normalized spacial score (nSPS) is 23.7. The van der Waals surface area contributed by atoms with Gasteiger partial charge in [-0.25, -0.2) is 0 Å². The lowest BCUT2D eigenvalue weighted by Gasteiger charge is -2.32. The number of rotatable bonds is 18. The van der Waals surface area contributed by atoms with Gasteiger partial charge in [0.1, 0.15) is 0 Å². The van der Waals surface area contributed by atoms with Crippen molar-refractivity contribution in [3.8, 4) is 0 Å². The molecule has 1 saturated heterocycles. The van der Waals surface area contributed by atoms with Gasteiger partial charge in [-0.3, -0.25) is 0 Å². The van der Waals surface area contributed by atoms with Gasteiger partial charge in [0.05, 0.1) is 31.5 Å². The Bertz CT molecular complexity index is 387. The monoisotopic (exact) mass is 414 g/mol. The zero-order valence-corrected chi connectivity index (χ0v) is 18.6. The first kappa shape index (κ1) is 26.6. The van der Waals surface area contributed by atoms with Gasteiger partial charge < -0.3 is 24.8 Å². The van der Waals surface area contributed by atoms with Crippen LogP contribution in [0.15, 0.2) is 12.2 Å². The average Bonchev–Trinajstić information content (AvgIpc) is 2.71. The smallest absolute Gasteiger partial charge is 0.160 e. The lowest BCUT2D eigenvalue weighted by Crippen LogP contribution is -2.39. The van der Waals surface area contributed by atoms with Crippen LogP contribution in [0.25, 0.3) is 0 Å². The fourth-order valence-electron chi connectivity index (χ4n) is 3.77. The molecule has 1 rings (SSSR count). The van der Waals surface area contributed by atoms with Crippen LogP contribution >= 0.6 is 0 Å². The van der Waals surface area contributed by atoms with Crippen LogP contribution in [0.1, 0.15) is 103 Å². The van der Waals surface area contributed by atoms with E-state index in [9.17, 15) is 10.2 Å². The van der Waals surface area contributed by atoms with Crippen molar-refractivity contribution in [2.24, 2.45) is 0 Å². The van der Waals surface area contributed by atoms with Gasteiger partial charge in [0.15, 0.2) is 6.29 Å². The summed E-state index contributed by atoms with van der Waals surface area (Å²) in [6.07, 6.45) is 19.3. The summed E-state index contributed by atoms with van der Waals surface area (Å²) < 4.78 is 11.1. The number of ether oxygens (including phenoxy) is 2. The first-order valence-corrected chi connectivity index (χ1v) is 12.1. The van der Waals surface area contributed by atoms with E-state index in [-0.39, 0.29) is 12.7 Å². The summed E-state index contributed by atoms with van der Waals surface area (Å²) in [7, 11) is 0. The number of hydrogen-bond donors (Lipinski definition) is 3. The molecular formula is C24H46O5. The molecule has 0 spiro atoms. The molecule has 4 unspecified atom stereocenters. The molecule has 4 atom stereocenters. The van der Waals surface area contributed by atoms with E-state index in [0.29, 0.717) is 25.9 Å². The van der Waals surface area contributed by atoms with E-state index < -0.39 is 18.5 Å². The number of hydrogen-bond acceptors (Lipinski definition) is 5. The average molecular weight is 415 g/mol. The largest absolute Gasteiger partial charge is 0.394 e. The molecule has 1 heterocycles. The Morgan fingerprint density at radius 1 is 0.966 bits per heavy atom. The van der Waals surface area contributed by atoms with Crippen LogP contribution in [-0.2, 0) is 9.47 Å².